The second-order valence-electron chi connectivity index (χ2n) is 9.52. The normalized spacial score (nSPS) is 35.0. The van der Waals surface area contributed by atoms with Crippen molar-refractivity contribution in [3.8, 4) is 0 Å². The van der Waals surface area contributed by atoms with Crippen molar-refractivity contribution < 1.29 is 19.7 Å². The Morgan fingerprint density at radius 3 is 2.58 bits per heavy atom. The molecule has 4 heteroatoms. The molecule has 5 atom stereocenters. The Hall–Kier alpha value is -1.13. The number of aliphatic hydroxyl groups is 2. The summed E-state index contributed by atoms with van der Waals surface area (Å²) in [5, 5.41) is 21.0. The van der Waals surface area contributed by atoms with Crippen LogP contribution < -0.4 is 0 Å². The van der Waals surface area contributed by atoms with Crippen LogP contribution in [0.3, 0.4) is 0 Å². The van der Waals surface area contributed by atoms with Crippen LogP contribution in [-0.4, -0.2) is 33.5 Å². The molecule has 4 nitrogen and oxygen atoms in total. The molecule has 0 aromatic heterocycles. The number of carbonyl (C=O) groups is 1. The number of fused-ring (bicyclic) bond motifs is 1. The summed E-state index contributed by atoms with van der Waals surface area (Å²) in [6, 6.07) is 0. The van der Waals surface area contributed by atoms with Crippen LogP contribution in [0.25, 0.3) is 0 Å². The van der Waals surface area contributed by atoms with Crippen LogP contribution in [-0.2, 0) is 9.53 Å². The minimum atomic E-state index is -0.864. The number of hydrogen-bond acceptors (Lipinski definition) is 4. The largest absolute Gasteiger partial charge is 0.458 e. The molecule has 2 rings (SSSR count). The van der Waals surface area contributed by atoms with Crippen molar-refractivity contribution in [1.82, 2.24) is 0 Å². The third-order valence-corrected chi connectivity index (χ3v) is 6.45. The number of esters is 1. The number of ether oxygens (including phenoxy) is 1. The molecule has 0 aromatic carbocycles. The minimum Gasteiger partial charge on any atom is -0.458 e. The molecule has 0 aliphatic heterocycles. The van der Waals surface area contributed by atoms with E-state index in [-0.39, 0.29) is 23.4 Å². The molecule has 0 saturated heterocycles. The van der Waals surface area contributed by atoms with E-state index < -0.39 is 11.2 Å². The van der Waals surface area contributed by atoms with Crippen molar-refractivity contribution in [2.75, 3.05) is 0 Å². The van der Waals surface area contributed by atoms with E-state index in [1.54, 1.807) is 19.9 Å². The van der Waals surface area contributed by atoms with Gasteiger partial charge in [0.15, 0.2) is 0 Å². The Morgan fingerprint density at radius 2 is 2.00 bits per heavy atom. The van der Waals surface area contributed by atoms with E-state index in [0.717, 1.165) is 37.7 Å². The van der Waals surface area contributed by atoms with Crippen molar-refractivity contribution in [2.24, 2.45) is 17.3 Å². The van der Waals surface area contributed by atoms with E-state index in [4.69, 9.17) is 4.74 Å². The van der Waals surface area contributed by atoms with Crippen LogP contribution in [0.1, 0.15) is 73.1 Å². The summed E-state index contributed by atoms with van der Waals surface area (Å²) in [5.41, 5.74) is -0.630. The summed E-state index contributed by atoms with van der Waals surface area (Å²) in [7, 11) is 0. The van der Waals surface area contributed by atoms with Crippen LogP contribution >= 0.6 is 0 Å². The van der Waals surface area contributed by atoms with Crippen LogP contribution in [0.5, 0.6) is 0 Å². The molecule has 0 heterocycles. The average Bonchev–Trinajstić information content (AvgIpc) is 2.74. The molecule has 0 spiro atoms. The molecule has 0 bridgehead atoms. The lowest BCUT2D eigenvalue weighted by atomic mass is 9.69. The molecule has 2 N–H and O–H groups in total. The van der Waals surface area contributed by atoms with Gasteiger partial charge in [0.25, 0.3) is 0 Å². The van der Waals surface area contributed by atoms with Gasteiger partial charge < -0.3 is 14.9 Å². The van der Waals surface area contributed by atoms with E-state index in [2.05, 4.69) is 13.5 Å². The predicted molar refractivity (Wildman–Crippen MR) is 104 cm³/mol. The SMILES string of the molecule is C=C1CCC2C(C(C)(O)CC=CC(C)(C)O)CCC2(C)CC1OC(C)=O. The monoisotopic (exact) mass is 364 g/mol. The standard InChI is InChI=1S/C22H36O4/c1-15-8-9-17-18(22(6,25)12-7-11-20(3,4)24)10-13-21(17,5)14-19(15)26-16(2)23/h7,11,17-19,24-25H,1,8-10,12-14H2,2-6H3. The van der Waals surface area contributed by atoms with Crippen molar-refractivity contribution in [3.63, 3.8) is 0 Å². The zero-order valence-electron chi connectivity index (χ0n) is 17.0. The summed E-state index contributed by atoms with van der Waals surface area (Å²) >= 11 is 0. The van der Waals surface area contributed by atoms with Gasteiger partial charge in [-0.25, -0.2) is 0 Å². The Morgan fingerprint density at radius 1 is 1.35 bits per heavy atom. The molecular formula is C22H36O4. The summed E-state index contributed by atoms with van der Waals surface area (Å²) < 4.78 is 5.54. The van der Waals surface area contributed by atoms with Gasteiger partial charge in [-0.1, -0.05) is 25.7 Å². The molecule has 0 amide bonds. The molecule has 2 fully saturated rings. The highest BCUT2D eigenvalue weighted by atomic mass is 16.5. The Labute approximate surface area is 158 Å². The molecular weight excluding hydrogens is 328 g/mol. The summed E-state index contributed by atoms with van der Waals surface area (Å²) in [6.45, 7) is 13.3. The lowest BCUT2D eigenvalue weighted by molar-refractivity contribution is -0.146. The average molecular weight is 365 g/mol. The van der Waals surface area contributed by atoms with Gasteiger partial charge in [-0.15, -0.1) is 0 Å². The lowest BCUT2D eigenvalue weighted by Gasteiger charge is -2.39. The topological polar surface area (TPSA) is 66.8 Å². The summed E-state index contributed by atoms with van der Waals surface area (Å²) in [5.74, 6) is 0.324. The highest BCUT2D eigenvalue weighted by Crippen LogP contribution is 2.57. The first-order chi connectivity index (χ1) is 11.8. The number of carbonyl (C=O) groups excluding carboxylic acids is 1. The fraction of sp³-hybridized carbons (Fsp3) is 0.773. The first-order valence-electron chi connectivity index (χ1n) is 9.81. The first-order valence-corrected chi connectivity index (χ1v) is 9.81. The fourth-order valence-electron chi connectivity index (χ4n) is 5.04. The lowest BCUT2D eigenvalue weighted by Crippen LogP contribution is -2.40. The maximum atomic E-state index is 11.5. The van der Waals surface area contributed by atoms with Gasteiger partial charge in [-0.2, -0.15) is 0 Å². The van der Waals surface area contributed by atoms with E-state index in [1.807, 2.05) is 13.0 Å². The molecule has 2 aliphatic rings. The Balaban J connectivity index is 2.16. The van der Waals surface area contributed by atoms with Crippen LogP contribution in [0.4, 0.5) is 0 Å². The van der Waals surface area contributed by atoms with Gasteiger partial charge >= 0.3 is 5.97 Å². The van der Waals surface area contributed by atoms with Crippen molar-refractivity contribution in [3.05, 3.63) is 24.3 Å². The van der Waals surface area contributed by atoms with Gasteiger partial charge in [0.1, 0.15) is 6.10 Å². The highest BCUT2D eigenvalue weighted by Gasteiger charge is 2.52. The van der Waals surface area contributed by atoms with Crippen molar-refractivity contribution in [2.45, 2.75) is 90.4 Å². The molecule has 148 valence electrons. The van der Waals surface area contributed by atoms with Crippen LogP contribution in [0, 0.1) is 17.3 Å². The van der Waals surface area contributed by atoms with E-state index in [1.165, 1.54) is 6.92 Å². The van der Waals surface area contributed by atoms with Gasteiger partial charge in [-0.3, -0.25) is 4.79 Å². The summed E-state index contributed by atoms with van der Waals surface area (Å²) in [4.78, 5) is 11.5. The zero-order chi connectivity index (χ0) is 19.8. The molecule has 0 radical (unpaired) electrons. The maximum Gasteiger partial charge on any atom is 0.303 e. The number of hydrogen-bond donors (Lipinski definition) is 2. The zero-order valence-corrected chi connectivity index (χ0v) is 17.0. The second kappa shape index (κ2) is 7.47. The van der Waals surface area contributed by atoms with Gasteiger partial charge in [0.2, 0.25) is 0 Å². The minimum absolute atomic E-state index is 0.0498. The molecule has 2 saturated carbocycles. The van der Waals surface area contributed by atoms with E-state index >= 15 is 0 Å². The van der Waals surface area contributed by atoms with Crippen molar-refractivity contribution >= 4 is 5.97 Å². The smallest absolute Gasteiger partial charge is 0.303 e. The van der Waals surface area contributed by atoms with Gasteiger partial charge in [0.05, 0.1) is 11.2 Å². The molecule has 5 unspecified atom stereocenters. The van der Waals surface area contributed by atoms with Crippen LogP contribution in [0.15, 0.2) is 24.3 Å². The Kier molecular flexibility index (Phi) is 6.09. The predicted octanol–water partition coefficient (Wildman–Crippen LogP) is 4.16. The maximum absolute atomic E-state index is 11.5. The quantitative estimate of drug-likeness (QED) is 0.568. The van der Waals surface area contributed by atoms with E-state index in [9.17, 15) is 15.0 Å². The number of rotatable bonds is 5. The third kappa shape index (κ3) is 4.98. The summed E-state index contributed by atoms with van der Waals surface area (Å²) in [6.07, 6.45) is 8.58. The fourth-order valence-corrected chi connectivity index (χ4v) is 5.04. The van der Waals surface area contributed by atoms with Gasteiger partial charge in [0, 0.05) is 6.92 Å². The molecule has 26 heavy (non-hydrogen) atoms. The molecule has 2 aliphatic carbocycles. The highest BCUT2D eigenvalue weighted by molar-refractivity contribution is 5.66. The first kappa shape index (κ1) is 21.2. The van der Waals surface area contributed by atoms with E-state index in [0.29, 0.717) is 12.3 Å². The molecule has 0 aromatic rings. The third-order valence-electron chi connectivity index (χ3n) is 6.45. The second-order valence-corrected chi connectivity index (χ2v) is 9.52. The van der Waals surface area contributed by atoms with Gasteiger partial charge in [-0.05, 0) is 82.1 Å². The van der Waals surface area contributed by atoms with Crippen LogP contribution in [0.2, 0.25) is 0 Å². The Bertz CT molecular complexity index is 569. The van der Waals surface area contributed by atoms with Crippen molar-refractivity contribution in [1.29, 1.82) is 0 Å².